The summed E-state index contributed by atoms with van der Waals surface area (Å²) in [6.45, 7) is 1.73. The minimum atomic E-state index is -0.258. The van der Waals surface area contributed by atoms with Crippen LogP contribution in [-0.4, -0.2) is 46.7 Å². The molecule has 6 nitrogen and oxygen atoms in total. The number of thioether (sulfide) groups is 1. The molecule has 8 heteroatoms. The minimum Gasteiger partial charge on any atom is -0.383 e. The van der Waals surface area contributed by atoms with Crippen LogP contribution in [0.25, 0.3) is 0 Å². The lowest BCUT2D eigenvalue weighted by Gasteiger charge is -2.06. The highest BCUT2D eigenvalue weighted by molar-refractivity contribution is 7.99. The predicted molar refractivity (Wildman–Crippen MR) is 85.7 cm³/mol. The number of nitrogens with one attached hydrogen (secondary N) is 1. The van der Waals surface area contributed by atoms with Crippen molar-refractivity contribution in [3.63, 3.8) is 0 Å². The van der Waals surface area contributed by atoms with Gasteiger partial charge in [0.25, 0.3) is 0 Å². The standard InChI is InChI=1S/C15H19FN4O2S/c1-22-9-8-20-11-18-19-15(20)23-10-14(21)17-7-6-12-2-4-13(16)5-3-12/h2-5,11H,6-10H2,1H3,(H,17,21). The van der Waals surface area contributed by atoms with Crippen molar-refractivity contribution in [1.29, 1.82) is 0 Å². The summed E-state index contributed by atoms with van der Waals surface area (Å²) in [4.78, 5) is 11.8. The van der Waals surface area contributed by atoms with Crippen LogP contribution in [0.1, 0.15) is 5.56 Å². The van der Waals surface area contributed by atoms with Gasteiger partial charge in [0.15, 0.2) is 5.16 Å². The van der Waals surface area contributed by atoms with Crippen molar-refractivity contribution in [3.8, 4) is 0 Å². The van der Waals surface area contributed by atoms with Gasteiger partial charge in [0.2, 0.25) is 5.91 Å². The number of ether oxygens (including phenoxy) is 1. The third-order valence-corrected chi connectivity index (χ3v) is 4.08. The number of carbonyl (C=O) groups is 1. The lowest BCUT2D eigenvalue weighted by molar-refractivity contribution is -0.118. The van der Waals surface area contributed by atoms with Crippen LogP contribution in [0.5, 0.6) is 0 Å². The maximum absolute atomic E-state index is 12.8. The Balaban J connectivity index is 1.69. The van der Waals surface area contributed by atoms with Crippen molar-refractivity contribution < 1.29 is 13.9 Å². The van der Waals surface area contributed by atoms with Gasteiger partial charge < -0.3 is 14.6 Å². The van der Waals surface area contributed by atoms with Gasteiger partial charge in [0.1, 0.15) is 12.1 Å². The van der Waals surface area contributed by atoms with Crippen molar-refractivity contribution >= 4 is 17.7 Å². The van der Waals surface area contributed by atoms with Crippen molar-refractivity contribution in [1.82, 2.24) is 20.1 Å². The molecule has 0 atom stereocenters. The van der Waals surface area contributed by atoms with E-state index in [2.05, 4.69) is 15.5 Å². The minimum absolute atomic E-state index is 0.0709. The first-order valence-electron chi connectivity index (χ1n) is 7.19. The molecular weight excluding hydrogens is 319 g/mol. The molecular formula is C15H19FN4O2S. The number of benzene rings is 1. The summed E-state index contributed by atoms with van der Waals surface area (Å²) in [5.41, 5.74) is 0.985. The number of amides is 1. The first kappa shape index (κ1) is 17.4. The Labute approximate surface area is 138 Å². The zero-order chi connectivity index (χ0) is 16.5. The maximum Gasteiger partial charge on any atom is 0.230 e. The van der Waals surface area contributed by atoms with Gasteiger partial charge in [-0.15, -0.1) is 10.2 Å². The van der Waals surface area contributed by atoms with Crippen molar-refractivity contribution in [2.24, 2.45) is 0 Å². The molecule has 1 aromatic carbocycles. The molecule has 0 fully saturated rings. The molecule has 1 N–H and O–H groups in total. The Morgan fingerprint density at radius 1 is 1.39 bits per heavy atom. The normalized spacial score (nSPS) is 10.7. The number of carbonyl (C=O) groups excluding carboxylic acids is 1. The van der Waals surface area contributed by atoms with E-state index in [1.807, 2.05) is 4.57 Å². The largest absolute Gasteiger partial charge is 0.383 e. The zero-order valence-corrected chi connectivity index (χ0v) is 13.7. The molecule has 0 aliphatic heterocycles. The average Bonchev–Trinajstić information content (AvgIpc) is 3.00. The van der Waals surface area contributed by atoms with Crippen LogP contribution >= 0.6 is 11.8 Å². The van der Waals surface area contributed by atoms with Gasteiger partial charge in [-0.25, -0.2) is 4.39 Å². The third kappa shape index (κ3) is 5.99. The SMILES string of the molecule is COCCn1cnnc1SCC(=O)NCCc1ccc(F)cc1. The Morgan fingerprint density at radius 2 is 2.17 bits per heavy atom. The summed E-state index contributed by atoms with van der Waals surface area (Å²) >= 11 is 1.33. The van der Waals surface area contributed by atoms with Crippen LogP contribution in [0.15, 0.2) is 35.7 Å². The summed E-state index contributed by atoms with van der Waals surface area (Å²) in [5, 5.41) is 11.3. The van der Waals surface area contributed by atoms with E-state index in [-0.39, 0.29) is 17.5 Å². The Kier molecular flexibility index (Phi) is 7.02. The van der Waals surface area contributed by atoms with E-state index in [1.165, 1.54) is 23.9 Å². The van der Waals surface area contributed by atoms with Crippen LogP contribution in [0.2, 0.25) is 0 Å². The quantitative estimate of drug-likeness (QED) is 0.702. The molecule has 1 amide bonds. The number of hydrogen-bond donors (Lipinski definition) is 1. The molecule has 0 saturated heterocycles. The molecule has 0 spiro atoms. The van der Waals surface area contributed by atoms with Crippen LogP contribution in [0, 0.1) is 5.82 Å². The molecule has 0 unspecified atom stereocenters. The fourth-order valence-corrected chi connectivity index (χ4v) is 2.65. The molecule has 0 aliphatic rings. The second kappa shape index (κ2) is 9.26. The summed E-state index contributed by atoms with van der Waals surface area (Å²) in [6.07, 6.45) is 2.29. The summed E-state index contributed by atoms with van der Waals surface area (Å²) in [5.74, 6) is -0.0556. The van der Waals surface area contributed by atoms with E-state index >= 15 is 0 Å². The first-order valence-corrected chi connectivity index (χ1v) is 8.18. The molecule has 23 heavy (non-hydrogen) atoms. The topological polar surface area (TPSA) is 69.0 Å². The fraction of sp³-hybridized carbons (Fsp3) is 0.400. The second-order valence-corrected chi connectivity index (χ2v) is 5.76. The molecule has 0 radical (unpaired) electrons. The Bertz CT molecular complexity index is 618. The third-order valence-electron chi connectivity index (χ3n) is 3.10. The van der Waals surface area contributed by atoms with Crippen LogP contribution in [0.3, 0.4) is 0 Å². The molecule has 124 valence electrons. The highest BCUT2D eigenvalue weighted by Gasteiger charge is 2.08. The van der Waals surface area contributed by atoms with Gasteiger partial charge in [-0.1, -0.05) is 23.9 Å². The number of nitrogens with zero attached hydrogens (tertiary/aromatic N) is 3. The van der Waals surface area contributed by atoms with E-state index in [1.54, 1.807) is 25.6 Å². The number of rotatable bonds is 9. The van der Waals surface area contributed by atoms with Gasteiger partial charge in [-0.2, -0.15) is 0 Å². The van der Waals surface area contributed by atoms with E-state index in [4.69, 9.17) is 4.74 Å². The lowest BCUT2D eigenvalue weighted by atomic mass is 10.1. The number of hydrogen-bond acceptors (Lipinski definition) is 5. The van der Waals surface area contributed by atoms with Gasteiger partial charge >= 0.3 is 0 Å². The molecule has 1 heterocycles. The predicted octanol–water partition coefficient (Wildman–Crippen LogP) is 1.51. The number of methoxy groups -OCH3 is 1. The smallest absolute Gasteiger partial charge is 0.230 e. The molecule has 0 saturated carbocycles. The van der Waals surface area contributed by atoms with Crippen molar-refractivity contribution in [2.45, 2.75) is 18.1 Å². The van der Waals surface area contributed by atoms with E-state index in [9.17, 15) is 9.18 Å². The van der Waals surface area contributed by atoms with Crippen LogP contribution in [0.4, 0.5) is 4.39 Å². The number of halogens is 1. The summed E-state index contributed by atoms with van der Waals surface area (Å²) in [7, 11) is 1.63. The first-order chi connectivity index (χ1) is 11.2. The molecule has 0 aliphatic carbocycles. The zero-order valence-electron chi connectivity index (χ0n) is 12.9. The highest BCUT2D eigenvalue weighted by Crippen LogP contribution is 2.14. The fourth-order valence-electron chi connectivity index (χ4n) is 1.88. The summed E-state index contributed by atoms with van der Waals surface area (Å²) < 4.78 is 19.6. The average molecular weight is 338 g/mol. The second-order valence-electron chi connectivity index (χ2n) is 4.81. The van der Waals surface area contributed by atoms with Crippen LogP contribution in [-0.2, 0) is 22.5 Å². The highest BCUT2D eigenvalue weighted by atomic mass is 32.2. The van der Waals surface area contributed by atoms with Gasteiger partial charge in [-0.05, 0) is 24.1 Å². The molecule has 0 bridgehead atoms. The maximum atomic E-state index is 12.8. The Hall–Kier alpha value is -1.93. The van der Waals surface area contributed by atoms with E-state index in [0.717, 1.165) is 5.56 Å². The van der Waals surface area contributed by atoms with Gasteiger partial charge in [0.05, 0.1) is 12.4 Å². The van der Waals surface area contributed by atoms with E-state index in [0.29, 0.717) is 31.3 Å². The monoisotopic (exact) mass is 338 g/mol. The van der Waals surface area contributed by atoms with Gasteiger partial charge in [0, 0.05) is 20.2 Å². The summed E-state index contributed by atoms with van der Waals surface area (Å²) in [6, 6.07) is 6.27. The Morgan fingerprint density at radius 3 is 2.91 bits per heavy atom. The molecule has 2 rings (SSSR count). The van der Waals surface area contributed by atoms with Crippen molar-refractivity contribution in [2.75, 3.05) is 26.0 Å². The van der Waals surface area contributed by atoms with Crippen molar-refractivity contribution in [3.05, 3.63) is 42.0 Å². The molecule has 1 aromatic heterocycles. The lowest BCUT2D eigenvalue weighted by Crippen LogP contribution is -2.27. The molecule has 2 aromatic rings. The number of aromatic nitrogens is 3. The van der Waals surface area contributed by atoms with E-state index < -0.39 is 0 Å². The van der Waals surface area contributed by atoms with Crippen LogP contribution < -0.4 is 5.32 Å². The van der Waals surface area contributed by atoms with Gasteiger partial charge in [-0.3, -0.25) is 4.79 Å².